The number of halogens is 3. The minimum Gasteiger partial charge on any atom is -0.507 e. The van der Waals surface area contributed by atoms with Crippen LogP contribution in [0.15, 0.2) is 24.3 Å². The number of hydrogen-bond donors (Lipinski definition) is 2. The number of aliphatic hydroxyl groups excluding tert-OH is 1. The van der Waals surface area contributed by atoms with Crippen LogP contribution < -0.4 is 0 Å². The van der Waals surface area contributed by atoms with Crippen LogP contribution in [0.5, 0.6) is 5.75 Å². The molecule has 2 N–H and O–H groups in total. The minimum absolute atomic E-state index is 0.00372. The van der Waals surface area contributed by atoms with Gasteiger partial charge in [0, 0.05) is 5.56 Å². The van der Waals surface area contributed by atoms with E-state index in [1.165, 1.54) is 6.07 Å². The van der Waals surface area contributed by atoms with Crippen molar-refractivity contribution in [1.29, 1.82) is 0 Å². The van der Waals surface area contributed by atoms with Crippen molar-refractivity contribution in [1.82, 2.24) is 10.2 Å². The third-order valence-electron chi connectivity index (χ3n) is 4.07. The molecule has 0 aliphatic heterocycles. The molecule has 0 spiro atoms. The molecule has 0 saturated carbocycles. The van der Waals surface area contributed by atoms with E-state index in [0.29, 0.717) is 17.3 Å². The SMILES string of the molecule is CCC(C)[C@@H](O)c1cc(C)c(-c2ccc(C(F)(F)F)cc2O)nn1. The predicted octanol–water partition coefficient (Wildman–Crippen LogP) is 4.26. The second-order valence-corrected chi connectivity index (χ2v) is 5.86. The zero-order valence-corrected chi connectivity index (χ0v) is 13.6. The number of rotatable bonds is 4. The summed E-state index contributed by atoms with van der Waals surface area (Å²) in [5, 5.41) is 28.1. The average Bonchev–Trinajstić information content (AvgIpc) is 2.52. The van der Waals surface area contributed by atoms with E-state index in [0.717, 1.165) is 12.5 Å². The van der Waals surface area contributed by atoms with Crippen molar-refractivity contribution in [3.8, 4) is 17.0 Å². The van der Waals surface area contributed by atoms with E-state index >= 15 is 0 Å². The molecule has 0 amide bonds. The standard InChI is InChI=1S/C17H19F3N2O2/c1-4-9(2)16(24)13-7-10(3)15(22-21-13)12-6-5-11(8-14(12)23)17(18,19)20/h5-9,16,23-24H,4H2,1-3H3/t9?,16-/m1/s1. The first kappa shape index (κ1) is 18.2. The molecule has 2 atom stereocenters. The Kier molecular flexibility index (Phi) is 5.13. The summed E-state index contributed by atoms with van der Waals surface area (Å²) in [5.41, 5.74) is 0.520. The van der Waals surface area contributed by atoms with Gasteiger partial charge in [0.25, 0.3) is 0 Å². The highest BCUT2D eigenvalue weighted by Gasteiger charge is 2.31. The van der Waals surface area contributed by atoms with Gasteiger partial charge in [0.1, 0.15) is 11.9 Å². The molecule has 0 aliphatic rings. The molecule has 2 rings (SSSR count). The van der Waals surface area contributed by atoms with E-state index < -0.39 is 23.6 Å². The van der Waals surface area contributed by atoms with Crippen LogP contribution in [0.4, 0.5) is 13.2 Å². The van der Waals surface area contributed by atoms with Crippen molar-refractivity contribution in [2.45, 2.75) is 39.5 Å². The molecule has 24 heavy (non-hydrogen) atoms. The Balaban J connectivity index is 2.40. The molecule has 4 nitrogen and oxygen atoms in total. The molecule has 1 heterocycles. The Labute approximate surface area is 138 Å². The first-order valence-electron chi connectivity index (χ1n) is 7.58. The molecule has 0 fully saturated rings. The zero-order valence-electron chi connectivity index (χ0n) is 13.6. The van der Waals surface area contributed by atoms with Crippen LogP contribution in [0.3, 0.4) is 0 Å². The van der Waals surface area contributed by atoms with Crippen LogP contribution in [0.1, 0.15) is 43.2 Å². The third kappa shape index (κ3) is 3.67. The van der Waals surface area contributed by atoms with E-state index in [4.69, 9.17) is 0 Å². The second-order valence-electron chi connectivity index (χ2n) is 5.86. The Hall–Kier alpha value is -2.15. The van der Waals surface area contributed by atoms with Gasteiger partial charge in [0.15, 0.2) is 0 Å². The fraction of sp³-hybridized carbons (Fsp3) is 0.412. The third-order valence-corrected chi connectivity index (χ3v) is 4.07. The summed E-state index contributed by atoms with van der Waals surface area (Å²) in [6.07, 6.45) is -4.53. The lowest BCUT2D eigenvalue weighted by Crippen LogP contribution is -2.11. The van der Waals surface area contributed by atoms with Crippen LogP contribution in [0.25, 0.3) is 11.3 Å². The van der Waals surface area contributed by atoms with Crippen LogP contribution in [-0.4, -0.2) is 20.4 Å². The second kappa shape index (κ2) is 6.76. The van der Waals surface area contributed by atoms with Gasteiger partial charge in [-0.2, -0.15) is 18.3 Å². The Morgan fingerprint density at radius 1 is 1.17 bits per heavy atom. The number of aryl methyl sites for hydroxylation is 1. The zero-order chi connectivity index (χ0) is 18.1. The summed E-state index contributed by atoms with van der Waals surface area (Å²) in [4.78, 5) is 0. The summed E-state index contributed by atoms with van der Waals surface area (Å²) in [5.74, 6) is -0.513. The summed E-state index contributed by atoms with van der Waals surface area (Å²) in [6.45, 7) is 5.54. The molecular weight excluding hydrogens is 321 g/mol. The molecule has 130 valence electrons. The fourth-order valence-electron chi connectivity index (χ4n) is 2.34. The van der Waals surface area contributed by atoms with E-state index in [1.807, 2.05) is 13.8 Å². The molecule has 1 aromatic heterocycles. The summed E-state index contributed by atoms with van der Waals surface area (Å²) in [7, 11) is 0. The van der Waals surface area contributed by atoms with Crippen molar-refractivity contribution >= 4 is 0 Å². The Morgan fingerprint density at radius 3 is 2.33 bits per heavy atom. The van der Waals surface area contributed by atoms with Crippen molar-refractivity contribution in [3.63, 3.8) is 0 Å². The molecule has 0 radical (unpaired) electrons. The lowest BCUT2D eigenvalue weighted by atomic mass is 9.97. The van der Waals surface area contributed by atoms with Gasteiger partial charge < -0.3 is 10.2 Å². The summed E-state index contributed by atoms with van der Waals surface area (Å²) < 4.78 is 38.0. The average molecular weight is 340 g/mol. The minimum atomic E-state index is -4.53. The molecule has 7 heteroatoms. The van der Waals surface area contributed by atoms with Gasteiger partial charge in [-0.25, -0.2) is 0 Å². The van der Waals surface area contributed by atoms with Crippen LogP contribution >= 0.6 is 0 Å². The number of hydrogen-bond acceptors (Lipinski definition) is 4. The lowest BCUT2D eigenvalue weighted by molar-refractivity contribution is -0.137. The number of phenols is 1. The molecule has 0 bridgehead atoms. The topological polar surface area (TPSA) is 66.2 Å². The monoisotopic (exact) mass is 340 g/mol. The molecule has 1 unspecified atom stereocenters. The van der Waals surface area contributed by atoms with E-state index in [9.17, 15) is 23.4 Å². The molecular formula is C17H19F3N2O2. The van der Waals surface area contributed by atoms with Crippen LogP contribution in [0.2, 0.25) is 0 Å². The van der Waals surface area contributed by atoms with Crippen molar-refractivity contribution in [2.75, 3.05) is 0 Å². The largest absolute Gasteiger partial charge is 0.507 e. The van der Waals surface area contributed by atoms with Gasteiger partial charge in [-0.15, -0.1) is 5.10 Å². The van der Waals surface area contributed by atoms with Crippen molar-refractivity contribution in [2.24, 2.45) is 5.92 Å². The van der Waals surface area contributed by atoms with Gasteiger partial charge in [-0.3, -0.25) is 0 Å². The first-order valence-corrected chi connectivity index (χ1v) is 7.58. The summed E-state index contributed by atoms with van der Waals surface area (Å²) >= 11 is 0. The van der Waals surface area contributed by atoms with Crippen LogP contribution in [0, 0.1) is 12.8 Å². The highest BCUT2D eigenvalue weighted by molar-refractivity contribution is 5.69. The molecule has 1 aromatic carbocycles. The number of aromatic hydroxyl groups is 1. The number of nitrogens with zero attached hydrogens (tertiary/aromatic N) is 2. The first-order chi connectivity index (χ1) is 11.1. The van der Waals surface area contributed by atoms with Crippen LogP contribution in [-0.2, 0) is 6.18 Å². The predicted molar refractivity (Wildman–Crippen MR) is 83.3 cm³/mol. The Morgan fingerprint density at radius 2 is 1.83 bits per heavy atom. The normalized spacial score (nSPS) is 14.5. The fourth-order valence-corrected chi connectivity index (χ4v) is 2.34. The maximum atomic E-state index is 12.7. The van der Waals surface area contributed by atoms with Gasteiger partial charge in [-0.05, 0) is 42.7 Å². The summed E-state index contributed by atoms with van der Waals surface area (Å²) in [6, 6.07) is 4.35. The van der Waals surface area contributed by atoms with E-state index in [1.54, 1.807) is 13.0 Å². The lowest BCUT2D eigenvalue weighted by Gasteiger charge is -2.17. The van der Waals surface area contributed by atoms with Gasteiger partial charge in [-0.1, -0.05) is 20.3 Å². The van der Waals surface area contributed by atoms with Crippen molar-refractivity contribution < 1.29 is 23.4 Å². The molecule has 0 saturated heterocycles. The number of phenolic OH excluding ortho intramolecular Hbond substituents is 1. The van der Waals surface area contributed by atoms with Crippen molar-refractivity contribution in [3.05, 3.63) is 41.1 Å². The van der Waals surface area contributed by atoms with E-state index in [-0.39, 0.29) is 17.2 Å². The highest BCUT2D eigenvalue weighted by Crippen LogP contribution is 2.37. The maximum absolute atomic E-state index is 12.7. The smallest absolute Gasteiger partial charge is 0.416 e. The number of aromatic nitrogens is 2. The number of aliphatic hydroxyl groups is 1. The van der Waals surface area contributed by atoms with Gasteiger partial charge in [0.2, 0.25) is 0 Å². The van der Waals surface area contributed by atoms with Gasteiger partial charge in [0.05, 0.1) is 17.0 Å². The molecule has 0 aliphatic carbocycles. The van der Waals surface area contributed by atoms with E-state index in [2.05, 4.69) is 10.2 Å². The number of alkyl halides is 3. The molecule has 2 aromatic rings. The maximum Gasteiger partial charge on any atom is 0.416 e. The highest BCUT2D eigenvalue weighted by atomic mass is 19.4. The quantitative estimate of drug-likeness (QED) is 0.873. The number of benzene rings is 1. The Bertz CT molecular complexity index is 732. The van der Waals surface area contributed by atoms with Gasteiger partial charge >= 0.3 is 6.18 Å².